The summed E-state index contributed by atoms with van der Waals surface area (Å²) in [6, 6.07) is 14.4. The maximum absolute atomic E-state index is 13.9. The number of hydrogen-bond donors (Lipinski definition) is 1. The van der Waals surface area contributed by atoms with Crippen LogP contribution in [0.3, 0.4) is 0 Å². The van der Waals surface area contributed by atoms with Gasteiger partial charge in [-0.15, -0.1) is 0 Å². The number of aliphatic hydroxyl groups excluding tert-OH is 1. The molecule has 0 saturated carbocycles. The first-order valence-corrected chi connectivity index (χ1v) is 10.0. The molecule has 2 aromatic carbocycles. The lowest BCUT2D eigenvalue weighted by molar-refractivity contribution is -0.0292. The molecule has 2 aromatic rings. The molecule has 1 fully saturated rings. The van der Waals surface area contributed by atoms with Crippen LogP contribution in [0.5, 0.6) is 11.5 Å². The molecule has 0 spiro atoms. The van der Waals surface area contributed by atoms with Gasteiger partial charge in [0.2, 0.25) is 0 Å². The summed E-state index contributed by atoms with van der Waals surface area (Å²) in [6.07, 6.45) is -0.756. The molecule has 1 saturated heterocycles. The van der Waals surface area contributed by atoms with Crippen LogP contribution in [0.4, 0.5) is 10.1 Å². The van der Waals surface area contributed by atoms with Crippen molar-refractivity contribution in [1.29, 1.82) is 0 Å². The first kappa shape index (κ1) is 19.9. The number of para-hydroxylation sites is 3. The predicted octanol–water partition coefficient (Wildman–Crippen LogP) is 2.17. The van der Waals surface area contributed by atoms with E-state index in [9.17, 15) is 9.50 Å². The first-order valence-electron chi connectivity index (χ1n) is 10.0. The zero-order chi connectivity index (χ0) is 20.1. The topological polar surface area (TPSA) is 54.4 Å². The third kappa shape index (κ3) is 5.18. The Morgan fingerprint density at radius 1 is 1.03 bits per heavy atom. The Hall–Kier alpha value is -2.35. The van der Waals surface area contributed by atoms with Crippen LogP contribution >= 0.6 is 0 Å². The highest BCUT2D eigenvalue weighted by molar-refractivity contribution is 5.48. The Morgan fingerprint density at radius 3 is 2.55 bits per heavy atom. The Kier molecular flexibility index (Phi) is 6.49. The van der Waals surface area contributed by atoms with Crippen molar-refractivity contribution in [3.8, 4) is 11.5 Å². The fourth-order valence-corrected chi connectivity index (χ4v) is 3.71. The van der Waals surface area contributed by atoms with E-state index >= 15 is 0 Å². The number of aliphatic hydroxyl groups is 1. The summed E-state index contributed by atoms with van der Waals surface area (Å²) in [5, 5.41) is 10.3. The molecule has 2 atom stereocenters. The molecule has 0 aliphatic carbocycles. The summed E-state index contributed by atoms with van der Waals surface area (Å²) >= 11 is 0. The summed E-state index contributed by atoms with van der Waals surface area (Å²) in [5.41, 5.74) is 0.646. The average Bonchev–Trinajstić information content (AvgIpc) is 2.75. The second-order valence-corrected chi connectivity index (χ2v) is 7.43. The summed E-state index contributed by atoms with van der Waals surface area (Å²) in [6.45, 7) is 4.62. The number of piperazine rings is 1. The maximum Gasteiger partial charge on any atom is 0.161 e. The Balaban J connectivity index is 1.15. The molecule has 0 bridgehead atoms. The van der Waals surface area contributed by atoms with Crippen molar-refractivity contribution < 1.29 is 23.7 Å². The van der Waals surface area contributed by atoms with Crippen LogP contribution < -0.4 is 14.4 Å². The van der Waals surface area contributed by atoms with Crippen LogP contribution in [-0.4, -0.2) is 74.8 Å². The lowest BCUT2D eigenvalue weighted by atomic mass is 10.2. The van der Waals surface area contributed by atoms with Crippen LogP contribution in [0.15, 0.2) is 48.5 Å². The molecule has 156 valence electrons. The van der Waals surface area contributed by atoms with Crippen molar-refractivity contribution in [1.82, 2.24) is 4.90 Å². The van der Waals surface area contributed by atoms with Crippen molar-refractivity contribution in [2.75, 3.05) is 57.4 Å². The normalized spacial score (nSPS) is 20.5. The lowest BCUT2D eigenvalue weighted by Crippen LogP contribution is -2.49. The molecule has 2 aliphatic heterocycles. The van der Waals surface area contributed by atoms with E-state index in [0.29, 0.717) is 25.4 Å². The van der Waals surface area contributed by atoms with Gasteiger partial charge in [-0.05, 0) is 24.3 Å². The molecule has 0 radical (unpaired) electrons. The zero-order valence-corrected chi connectivity index (χ0v) is 16.4. The number of nitrogens with zero attached hydrogens (tertiary/aromatic N) is 2. The number of halogens is 1. The molecule has 1 N–H and O–H groups in total. The van der Waals surface area contributed by atoms with E-state index in [1.165, 1.54) is 6.07 Å². The van der Waals surface area contributed by atoms with Gasteiger partial charge in [0.25, 0.3) is 0 Å². The summed E-state index contributed by atoms with van der Waals surface area (Å²) in [7, 11) is 0. The van der Waals surface area contributed by atoms with Gasteiger partial charge in [0.1, 0.15) is 12.4 Å². The smallest absolute Gasteiger partial charge is 0.161 e. The molecule has 2 aliphatic rings. The summed E-state index contributed by atoms with van der Waals surface area (Å²) in [5.74, 6) is 1.28. The molecule has 29 heavy (non-hydrogen) atoms. The van der Waals surface area contributed by atoms with Crippen LogP contribution in [0, 0.1) is 5.82 Å². The monoisotopic (exact) mass is 402 g/mol. The molecule has 2 heterocycles. The molecule has 7 heteroatoms. The van der Waals surface area contributed by atoms with Crippen LogP contribution in [-0.2, 0) is 4.74 Å². The Morgan fingerprint density at radius 2 is 1.76 bits per heavy atom. The van der Waals surface area contributed by atoms with E-state index in [0.717, 1.165) is 37.7 Å². The van der Waals surface area contributed by atoms with Crippen molar-refractivity contribution in [3.63, 3.8) is 0 Å². The number of fused-ring (bicyclic) bond motifs is 1. The molecule has 0 amide bonds. The van der Waals surface area contributed by atoms with Gasteiger partial charge in [-0.1, -0.05) is 24.3 Å². The summed E-state index contributed by atoms with van der Waals surface area (Å²) in [4.78, 5) is 4.23. The van der Waals surface area contributed by atoms with Crippen molar-refractivity contribution >= 4 is 5.69 Å². The standard InChI is InChI=1S/C22H27FN2O4/c23-19-5-1-2-6-20(19)25-11-9-24(10-12-25)13-17(26)14-27-15-18-16-28-21-7-3-4-8-22(21)29-18/h1-8,17-18,26H,9-16H2/t17-,18-/m1/s1. The van der Waals surface area contributed by atoms with E-state index in [1.807, 2.05) is 41.3 Å². The van der Waals surface area contributed by atoms with E-state index in [4.69, 9.17) is 14.2 Å². The fourth-order valence-electron chi connectivity index (χ4n) is 3.71. The molecule has 6 nitrogen and oxygen atoms in total. The quantitative estimate of drug-likeness (QED) is 0.766. The number of benzene rings is 2. The molecule has 0 aromatic heterocycles. The highest BCUT2D eigenvalue weighted by atomic mass is 19.1. The maximum atomic E-state index is 13.9. The van der Waals surface area contributed by atoms with Crippen molar-refractivity contribution in [2.45, 2.75) is 12.2 Å². The van der Waals surface area contributed by atoms with Crippen LogP contribution in [0.25, 0.3) is 0 Å². The highest BCUT2D eigenvalue weighted by Gasteiger charge is 2.23. The zero-order valence-electron chi connectivity index (χ0n) is 16.4. The van der Waals surface area contributed by atoms with Crippen LogP contribution in [0.2, 0.25) is 0 Å². The fraction of sp³-hybridized carbons (Fsp3) is 0.455. The van der Waals surface area contributed by atoms with E-state index in [2.05, 4.69) is 4.90 Å². The van der Waals surface area contributed by atoms with Gasteiger partial charge < -0.3 is 24.2 Å². The van der Waals surface area contributed by atoms with Gasteiger partial charge in [0, 0.05) is 32.7 Å². The van der Waals surface area contributed by atoms with E-state index in [-0.39, 0.29) is 18.5 Å². The van der Waals surface area contributed by atoms with Gasteiger partial charge in [0.05, 0.1) is 25.0 Å². The number of hydrogen-bond acceptors (Lipinski definition) is 6. The molecular weight excluding hydrogens is 375 g/mol. The molecular formula is C22H27FN2O4. The summed E-state index contributed by atoms with van der Waals surface area (Å²) < 4.78 is 31.1. The SMILES string of the molecule is O[C@@H](COC[C@@H]1COc2ccccc2O1)CN1CCN(c2ccccc2F)CC1. The number of rotatable bonds is 7. The number of anilines is 1. The minimum absolute atomic E-state index is 0.179. The van der Waals surface area contributed by atoms with E-state index in [1.54, 1.807) is 6.07 Å². The minimum atomic E-state index is -0.577. The molecule has 4 rings (SSSR count). The third-order valence-corrected chi connectivity index (χ3v) is 5.22. The second-order valence-electron chi connectivity index (χ2n) is 7.43. The number of β-amino-alcohol motifs (C(OH)–C–C–N with tert-alkyl or cyclic N) is 1. The van der Waals surface area contributed by atoms with Gasteiger partial charge in [-0.3, -0.25) is 4.90 Å². The van der Waals surface area contributed by atoms with Gasteiger partial charge in [-0.25, -0.2) is 4.39 Å². The lowest BCUT2D eigenvalue weighted by Gasteiger charge is -2.37. The minimum Gasteiger partial charge on any atom is -0.486 e. The van der Waals surface area contributed by atoms with Crippen molar-refractivity contribution in [3.05, 3.63) is 54.3 Å². The van der Waals surface area contributed by atoms with Crippen LogP contribution in [0.1, 0.15) is 0 Å². The third-order valence-electron chi connectivity index (χ3n) is 5.22. The number of ether oxygens (including phenoxy) is 3. The first-order chi connectivity index (χ1) is 14.2. The Bertz CT molecular complexity index is 798. The van der Waals surface area contributed by atoms with Crippen molar-refractivity contribution in [2.24, 2.45) is 0 Å². The molecule has 0 unspecified atom stereocenters. The average molecular weight is 402 g/mol. The van der Waals surface area contributed by atoms with E-state index < -0.39 is 6.10 Å². The Labute approximate surface area is 170 Å². The van der Waals surface area contributed by atoms with Gasteiger partial charge in [-0.2, -0.15) is 0 Å². The predicted molar refractivity (Wildman–Crippen MR) is 108 cm³/mol. The van der Waals surface area contributed by atoms with Gasteiger partial charge >= 0.3 is 0 Å². The highest BCUT2D eigenvalue weighted by Crippen LogP contribution is 2.30. The largest absolute Gasteiger partial charge is 0.486 e. The van der Waals surface area contributed by atoms with Gasteiger partial charge in [0.15, 0.2) is 17.6 Å². The second kappa shape index (κ2) is 9.43.